The maximum Gasteiger partial charge on any atom is 0 e. The SMILES string of the molecule is C[C-]=O.[CH2-]OC.[Y]. The van der Waals surface area contributed by atoms with E-state index in [0.717, 1.165) is 0 Å². The van der Waals surface area contributed by atoms with Gasteiger partial charge in [-0.2, -0.15) is 6.92 Å². The van der Waals surface area contributed by atoms with Crippen LogP contribution in [0.3, 0.4) is 0 Å². The van der Waals surface area contributed by atoms with Crippen molar-refractivity contribution in [1.82, 2.24) is 0 Å². The molecular formula is C4H8O2Y-2. The van der Waals surface area contributed by atoms with Crippen molar-refractivity contribution in [3.63, 3.8) is 0 Å². The quantitative estimate of drug-likeness (QED) is 0.504. The number of carbonyl (C=O) groups excluding carboxylic acids is 1. The van der Waals surface area contributed by atoms with E-state index in [1.165, 1.54) is 20.3 Å². The van der Waals surface area contributed by atoms with Crippen molar-refractivity contribution in [3.8, 4) is 0 Å². The molecule has 2 nitrogen and oxygen atoms in total. The summed E-state index contributed by atoms with van der Waals surface area (Å²) in [5.74, 6) is 0. The predicted octanol–water partition coefficient (Wildman–Crippen LogP) is 0.538. The van der Waals surface area contributed by atoms with Gasteiger partial charge in [-0.1, -0.05) is 0 Å². The van der Waals surface area contributed by atoms with Gasteiger partial charge >= 0.3 is 0 Å². The average molecular weight is 177 g/mol. The summed E-state index contributed by atoms with van der Waals surface area (Å²) in [4.78, 5) is 8.68. The first-order valence-electron chi connectivity index (χ1n) is 1.40. The second kappa shape index (κ2) is 29.6. The second-order valence-corrected chi connectivity index (χ2v) is 0.493. The molecule has 0 saturated carbocycles. The summed E-state index contributed by atoms with van der Waals surface area (Å²) in [6.07, 6.45) is 1.50. The maximum absolute atomic E-state index is 8.68. The van der Waals surface area contributed by atoms with Gasteiger partial charge in [-0.3, -0.25) is 6.29 Å². The third kappa shape index (κ3) is 280. The molecule has 0 atom stereocenters. The van der Waals surface area contributed by atoms with Crippen LogP contribution in [-0.4, -0.2) is 13.4 Å². The van der Waals surface area contributed by atoms with Crippen LogP contribution in [0.4, 0.5) is 0 Å². The first kappa shape index (κ1) is 15.6. The van der Waals surface area contributed by atoms with Crippen LogP contribution in [0.5, 0.6) is 0 Å². The first-order valence-corrected chi connectivity index (χ1v) is 1.40. The van der Waals surface area contributed by atoms with E-state index in [-0.39, 0.29) is 32.7 Å². The molecule has 41 valence electrons. The van der Waals surface area contributed by atoms with Crippen LogP contribution >= 0.6 is 0 Å². The molecule has 0 aliphatic carbocycles. The largest absolute Gasteiger partial charge is 0.557 e. The van der Waals surface area contributed by atoms with Crippen molar-refractivity contribution in [2.45, 2.75) is 6.92 Å². The molecule has 0 saturated heterocycles. The van der Waals surface area contributed by atoms with Crippen molar-refractivity contribution in [1.29, 1.82) is 0 Å². The van der Waals surface area contributed by atoms with Crippen molar-refractivity contribution >= 4 is 6.29 Å². The Kier molecular flexibility index (Phi) is 66.2. The van der Waals surface area contributed by atoms with Crippen LogP contribution in [0.1, 0.15) is 6.92 Å². The fraction of sp³-hybridized carbons (Fsp3) is 0.500. The average Bonchev–Trinajstić information content (AvgIpc) is 1.39. The molecule has 0 spiro atoms. The Bertz CT molecular complexity index is 23.7. The molecular weight excluding hydrogens is 169 g/mol. The summed E-state index contributed by atoms with van der Waals surface area (Å²) >= 11 is 0. The fourth-order valence-electron chi connectivity index (χ4n) is 0. The van der Waals surface area contributed by atoms with E-state index in [0.29, 0.717) is 0 Å². The van der Waals surface area contributed by atoms with E-state index in [9.17, 15) is 0 Å². The van der Waals surface area contributed by atoms with E-state index >= 15 is 0 Å². The Morgan fingerprint density at radius 2 is 1.71 bits per heavy atom. The van der Waals surface area contributed by atoms with E-state index in [4.69, 9.17) is 4.79 Å². The first-order chi connectivity index (χ1) is 2.83. The van der Waals surface area contributed by atoms with Gasteiger partial charge in [0, 0.05) is 32.7 Å². The molecule has 0 aromatic heterocycles. The van der Waals surface area contributed by atoms with Crippen LogP contribution in [0, 0.1) is 7.11 Å². The molecule has 3 heteroatoms. The Balaban J connectivity index is -0.0000000400. The Morgan fingerprint density at radius 3 is 1.71 bits per heavy atom. The Hall–Kier alpha value is 0.734. The molecule has 0 fully saturated rings. The molecule has 0 bridgehead atoms. The molecule has 0 aromatic carbocycles. The van der Waals surface area contributed by atoms with Gasteiger partial charge in [-0.05, 0) is 7.11 Å². The van der Waals surface area contributed by atoms with Crippen molar-refractivity contribution in [2.75, 3.05) is 7.11 Å². The Morgan fingerprint density at radius 1 is 1.71 bits per heavy atom. The van der Waals surface area contributed by atoms with Crippen LogP contribution < -0.4 is 0 Å². The summed E-state index contributed by atoms with van der Waals surface area (Å²) in [6.45, 7) is 1.32. The fourth-order valence-corrected chi connectivity index (χ4v) is 0. The summed E-state index contributed by atoms with van der Waals surface area (Å²) in [5, 5.41) is 0. The van der Waals surface area contributed by atoms with Crippen molar-refractivity contribution < 1.29 is 42.2 Å². The molecule has 0 rings (SSSR count). The number of hydrogen-bond donors (Lipinski definition) is 0. The van der Waals surface area contributed by atoms with Gasteiger partial charge in [0.2, 0.25) is 0 Å². The number of ether oxygens (including phenoxy) is 1. The molecule has 0 aliphatic rings. The van der Waals surface area contributed by atoms with Crippen LogP contribution in [0.15, 0.2) is 0 Å². The second-order valence-electron chi connectivity index (χ2n) is 0.493. The zero-order valence-electron chi connectivity index (χ0n) is 4.60. The zero-order chi connectivity index (χ0) is 5.41. The van der Waals surface area contributed by atoms with Crippen LogP contribution in [0.25, 0.3) is 0 Å². The summed E-state index contributed by atoms with van der Waals surface area (Å²) in [5.41, 5.74) is 0. The summed E-state index contributed by atoms with van der Waals surface area (Å²) in [7, 11) is 4.50. The molecule has 0 heterocycles. The predicted molar refractivity (Wildman–Crippen MR) is 23.7 cm³/mol. The van der Waals surface area contributed by atoms with Gasteiger partial charge in [-0.15, -0.1) is 0 Å². The minimum Gasteiger partial charge on any atom is -0.557 e. The smallest absolute Gasteiger partial charge is 0 e. The van der Waals surface area contributed by atoms with Gasteiger partial charge in [0.15, 0.2) is 0 Å². The maximum atomic E-state index is 8.68. The van der Waals surface area contributed by atoms with E-state index in [2.05, 4.69) is 11.8 Å². The molecule has 7 heavy (non-hydrogen) atoms. The van der Waals surface area contributed by atoms with E-state index < -0.39 is 0 Å². The molecule has 1 radical (unpaired) electrons. The molecule has 0 aliphatic heterocycles. The third-order valence-corrected chi connectivity index (χ3v) is 0. The van der Waals surface area contributed by atoms with E-state index in [1.807, 2.05) is 0 Å². The number of methoxy groups -OCH3 is 1. The summed E-state index contributed by atoms with van der Waals surface area (Å²) < 4.78 is 4.00. The van der Waals surface area contributed by atoms with Crippen LogP contribution in [-0.2, 0) is 42.2 Å². The normalized spacial score (nSPS) is 4.43. The van der Waals surface area contributed by atoms with Gasteiger partial charge in [0.05, 0.1) is 0 Å². The zero-order valence-corrected chi connectivity index (χ0v) is 7.44. The van der Waals surface area contributed by atoms with E-state index in [1.54, 1.807) is 0 Å². The standard InChI is InChI=1S/C2H5O.C2H3O.Y/c1-3-2;1-2-3;/h1H2,2H3;1H3;/q2*-1;. The minimum absolute atomic E-state index is 0. The topological polar surface area (TPSA) is 26.3 Å². The van der Waals surface area contributed by atoms with Gasteiger partial charge < -0.3 is 9.53 Å². The van der Waals surface area contributed by atoms with Gasteiger partial charge in [-0.25, -0.2) is 7.11 Å². The molecule has 0 aromatic rings. The minimum atomic E-state index is 0. The third-order valence-electron chi connectivity index (χ3n) is 0. The number of rotatable bonds is 0. The molecule has 0 unspecified atom stereocenters. The monoisotopic (exact) mass is 177 g/mol. The molecule has 0 N–H and O–H groups in total. The van der Waals surface area contributed by atoms with Gasteiger partial charge in [0.1, 0.15) is 0 Å². The van der Waals surface area contributed by atoms with Crippen molar-refractivity contribution in [2.24, 2.45) is 0 Å². The molecule has 0 amide bonds. The van der Waals surface area contributed by atoms with Crippen LogP contribution in [0.2, 0.25) is 0 Å². The Labute approximate surface area is 69.5 Å². The van der Waals surface area contributed by atoms with Crippen molar-refractivity contribution in [3.05, 3.63) is 7.11 Å². The van der Waals surface area contributed by atoms with Gasteiger partial charge in [0.25, 0.3) is 0 Å². The summed E-state index contributed by atoms with van der Waals surface area (Å²) in [6, 6.07) is 0. The number of hydrogen-bond acceptors (Lipinski definition) is 2.